The number of hydrogen-bond donors (Lipinski definition) is 4. The van der Waals surface area contributed by atoms with Crippen LogP contribution in [0.5, 0.6) is 5.75 Å². The van der Waals surface area contributed by atoms with Crippen molar-refractivity contribution in [1.82, 2.24) is 5.32 Å². The van der Waals surface area contributed by atoms with E-state index in [2.05, 4.69) is 5.32 Å². The van der Waals surface area contributed by atoms with E-state index in [1.165, 1.54) is 0 Å². The molecule has 0 aliphatic heterocycles. The third-order valence-corrected chi connectivity index (χ3v) is 2.99. The first-order valence-electron chi connectivity index (χ1n) is 7.05. The lowest BCUT2D eigenvalue weighted by molar-refractivity contribution is -0.138. The fourth-order valence-corrected chi connectivity index (χ4v) is 1.95. The van der Waals surface area contributed by atoms with Crippen molar-refractivity contribution in [3.63, 3.8) is 0 Å². The molecule has 0 aromatic heterocycles. The summed E-state index contributed by atoms with van der Waals surface area (Å²) in [5.41, 5.74) is 0.607. The van der Waals surface area contributed by atoms with Crippen LogP contribution < -0.4 is 10.1 Å². The number of aliphatic hydroxyl groups is 2. The molecule has 1 rings (SSSR count). The predicted molar refractivity (Wildman–Crippen MR) is 78.3 cm³/mol. The Morgan fingerprint density at radius 2 is 2.00 bits per heavy atom. The number of aliphatic carboxylic acids is 1. The van der Waals surface area contributed by atoms with Gasteiger partial charge in [0.05, 0.1) is 25.7 Å². The molecular weight excluding hydrogens is 274 g/mol. The summed E-state index contributed by atoms with van der Waals surface area (Å²) in [6, 6.07) is 6.27. The summed E-state index contributed by atoms with van der Waals surface area (Å²) >= 11 is 0. The quantitative estimate of drug-likeness (QED) is 0.513. The summed E-state index contributed by atoms with van der Waals surface area (Å²) in [5.74, 6) is -0.293. The van der Waals surface area contributed by atoms with Gasteiger partial charge in [0.15, 0.2) is 0 Å². The first kappa shape index (κ1) is 17.4. The Balaban J connectivity index is 2.72. The number of aliphatic hydroxyl groups excluding tert-OH is 2. The number of ether oxygens (including phenoxy) is 1. The molecule has 0 aliphatic carbocycles. The van der Waals surface area contributed by atoms with Crippen LogP contribution >= 0.6 is 0 Å². The van der Waals surface area contributed by atoms with E-state index in [1.807, 2.05) is 6.92 Å². The minimum absolute atomic E-state index is 0.118. The average molecular weight is 297 g/mol. The van der Waals surface area contributed by atoms with Crippen LogP contribution in [0.4, 0.5) is 0 Å². The minimum Gasteiger partial charge on any atom is -0.494 e. The Bertz CT molecular complexity index is 421. The van der Waals surface area contributed by atoms with E-state index in [9.17, 15) is 9.90 Å². The maximum Gasteiger partial charge on any atom is 0.305 e. The second-order valence-corrected chi connectivity index (χ2v) is 4.74. The highest BCUT2D eigenvalue weighted by Gasteiger charge is 2.23. The molecule has 1 aromatic carbocycles. The van der Waals surface area contributed by atoms with Crippen molar-refractivity contribution in [1.29, 1.82) is 0 Å². The van der Waals surface area contributed by atoms with Gasteiger partial charge in [-0.15, -0.1) is 0 Å². The Labute approximate surface area is 124 Å². The first-order valence-corrected chi connectivity index (χ1v) is 7.05. The highest BCUT2D eigenvalue weighted by Crippen LogP contribution is 2.22. The molecule has 0 heterocycles. The third kappa shape index (κ3) is 6.12. The molecule has 6 heteroatoms. The molecule has 0 spiro atoms. The average Bonchev–Trinajstić information content (AvgIpc) is 2.49. The lowest BCUT2D eigenvalue weighted by Gasteiger charge is -2.23. The van der Waals surface area contributed by atoms with Gasteiger partial charge >= 0.3 is 5.97 Å². The van der Waals surface area contributed by atoms with Crippen LogP contribution in [0.3, 0.4) is 0 Å². The minimum atomic E-state index is -1.01. The highest BCUT2D eigenvalue weighted by atomic mass is 16.5. The Morgan fingerprint density at radius 3 is 2.52 bits per heavy atom. The summed E-state index contributed by atoms with van der Waals surface area (Å²) in [6.45, 7) is 2.75. The summed E-state index contributed by atoms with van der Waals surface area (Å²) in [6.07, 6.45) is -0.279. The largest absolute Gasteiger partial charge is 0.494 e. The highest BCUT2D eigenvalue weighted by molar-refractivity contribution is 5.67. The third-order valence-electron chi connectivity index (χ3n) is 2.99. The van der Waals surface area contributed by atoms with Gasteiger partial charge in [-0.3, -0.25) is 4.79 Å². The molecule has 1 aromatic rings. The van der Waals surface area contributed by atoms with Crippen molar-refractivity contribution < 1.29 is 24.9 Å². The van der Waals surface area contributed by atoms with Crippen molar-refractivity contribution >= 4 is 5.97 Å². The number of hydrogen-bond acceptors (Lipinski definition) is 5. The van der Waals surface area contributed by atoms with Crippen LogP contribution in [-0.2, 0) is 4.79 Å². The molecule has 0 aliphatic rings. The molecule has 4 N–H and O–H groups in total. The van der Waals surface area contributed by atoms with Gasteiger partial charge in [0.1, 0.15) is 5.75 Å². The maximum atomic E-state index is 10.8. The standard InChI is InChI=1S/C15H23NO5/c1-2-9-21-12-5-3-11(4-6-12)15(20)13(10-14(18)19)16-7-8-17/h3-6,13,15-17,20H,2,7-10H2,1H3,(H,18,19). The SMILES string of the molecule is CCCOc1ccc(C(O)C(CC(=O)O)NCCO)cc1. The monoisotopic (exact) mass is 297 g/mol. The molecule has 2 atom stereocenters. The fourth-order valence-electron chi connectivity index (χ4n) is 1.95. The van der Waals surface area contributed by atoms with Gasteiger partial charge in [-0.1, -0.05) is 19.1 Å². The van der Waals surface area contributed by atoms with Crippen LogP contribution in [-0.4, -0.2) is 47.1 Å². The molecule has 21 heavy (non-hydrogen) atoms. The van der Waals surface area contributed by atoms with E-state index >= 15 is 0 Å². The Morgan fingerprint density at radius 1 is 1.33 bits per heavy atom. The van der Waals surface area contributed by atoms with Crippen LogP contribution in [0.2, 0.25) is 0 Å². The van der Waals surface area contributed by atoms with Crippen molar-refractivity contribution in [2.45, 2.75) is 31.9 Å². The summed E-state index contributed by atoms with van der Waals surface area (Å²) in [4.78, 5) is 10.8. The van der Waals surface area contributed by atoms with E-state index in [1.54, 1.807) is 24.3 Å². The second-order valence-electron chi connectivity index (χ2n) is 4.74. The van der Waals surface area contributed by atoms with Gasteiger partial charge in [-0.25, -0.2) is 0 Å². The molecule has 6 nitrogen and oxygen atoms in total. The zero-order valence-corrected chi connectivity index (χ0v) is 12.2. The lowest BCUT2D eigenvalue weighted by atomic mass is 9.99. The molecule has 118 valence electrons. The van der Waals surface area contributed by atoms with E-state index in [-0.39, 0.29) is 19.6 Å². The molecule has 0 fully saturated rings. The number of carboxylic acids is 1. The molecule has 0 amide bonds. The predicted octanol–water partition coefficient (Wildman–Crippen LogP) is 0.934. The van der Waals surface area contributed by atoms with Crippen molar-refractivity contribution in [2.75, 3.05) is 19.8 Å². The molecule has 0 radical (unpaired) electrons. The summed E-state index contributed by atoms with van der Waals surface area (Å²) in [7, 11) is 0. The topological polar surface area (TPSA) is 99.0 Å². The number of nitrogens with one attached hydrogen (secondary N) is 1. The first-order chi connectivity index (χ1) is 10.1. The Hall–Kier alpha value is -1.63. The van der Waals surface area contributed by atoms with Crippen molar-refractivity contribution in [2.24, 2.45) is 0 Å². The van der Waals surface area contributed by atoms with Gasteiger partial charge in [0.25, 0.3) is 0 Å². The van der Waals surface area contributed by atoms with E-state index in [0.717, 1.165) is 6.42 Å². The Kier molecular flexibility index (Phi) is 7.74. The molecule has 2 unspecified atom stereocenters. The summed E-state index contributed by atoms with van der Waals surface area (Å²) in [5, 5.41) is 30.8. The molecule has 0 bridgehead atoms. The van der Waals surface area contributed by atoms with E-state index in [4.69, 9.17) is 14.9 Å². The lowest BCUT2D eigenvalue weighted by Crippen LogP contribution is -2.38. The number of benzene rings is 1. The zero-order chi connectivity index (χ0) is 15.7. The second kappa shape index (κ2) is 9.33. The fraction of sp³-hybridized carbons (Fsp3) is 0.533. The van der Waals surface area contributed by atoms with Gasteiger partial charge in [0.2, 0.25) is 0 Å². The smallest absolute Gasteiger partial charge is 0.305 e. The van der Waals surface area contributed by atoms with Crippen LogP contribution in [0, 0.1) is 0 Å². The number of carboxylic acid groups (broad SMARTS) is 1. The van der Waals surface area contributed by atoms with Gasteiger partial charge in [-0.2, -0.15) is 0 Å². The van der Waals surface area contributed by atoms with Crippen LogP contribution in [0.15, 0.2) is 24.3 Å². The molecular formula is C15H23NO5. The van der Waals surface area contributed by atoms with Gasteiger partial charge in [-0.05, 0) is 24.1 Å². The van der Waals surface area contributed by atoms with Crippen molar-refractivity contribution in [3.05, 3.63) is 29.8 Å². The molecule has 0 saturated carbocycles. The maximum absolute atomic E-state index is 10.8. The van der Waals surface area contributed by atoms with E-state index in [0.29, 0.717) is 17.9 Å². The zero-order valence-electron chi connectivity index (χ0n) is 12.2. The van der Waals surface area contributed by atoms with Crippen molar-refractivity contribution in [3.8, 4) is 5.75 Å². The number of rotatable bonds is 10. The summed E-state index contributed by atoms with van der Waals surface area (Å²) < 4.78 is 5.46. The van der Waals surface area contributed by atoms with Crippen LogP contribution in [0.1, 0.15) is 31.4 Å². The van der Waals surface area contributed by atoms with Gasteiger partial charge in [0, 0.05) is 12.6 Å². The van der Waals surface area contributed by atoms with Gasteiger partial charge < -0.3 is 25.4 Å². The number of carbonyl (C=O) groups is 1. The van der Waals surface area contributed by atoms with E-state index < -0.39 is 18.1 Å². The normalized spacial score (nSPS) is 13.7. The molecule has 0 saturated heterocycles. The van der Waals surface area contributed by atoms with Crippen LogP contribution in [0.25, 0.3) is 0 Å².